The van der Waals surface area contributed by atoms with Gasteiger partial charge < -0.3 is 5.32 Å². The molecule has 0 heterocycles. The van der Waals surface area contributed by atoms with Gasteiger partial charge >= 0.3 is 0 Å². The zero-order valence-corrected chi connectivity index (χ0v) is 11.7. The van der Waals surface area contributed by atoms with Crippen LogP contribution in [0.15, 0.2) is 24.3 Å². The van der Waals surface area contributed by atoms with Crippen molar-refractivity contribution in [2.24, 2.45) is 0 Å². The summed E-state index contributed by atoms with van der Waals surface area (Å²) in [7, 11) is -1.06. The molecular formula is C12H18ClNO2S. The van der Waals surface area contributed by atoms with Crippen LogP contribution in [0.2, 0.25) is 5.02 Å². The molecule has 1 rings (SSSR count). The first-order valence-electron chi connectivity index (χ1n) is 5.50. The molecule has 0 aliphatic carbocycles. The summed E-state index contributed by atoms with van der Waals surface area (Å²) in [6.07, 6.45) is 1.88. The summed E-state index contributed by atoms with van der Waals surface area (Å²) >= 11 is 5.94. The summed E-state index contributed by atoms with van der Waals surface area (Å²) in [4.78, 5) is 0. The third kappa shape index (κ3) is 5.52. The van der Waals surface area contributed by atoms with Crippen LogP contribution in [0.5, 0.6) is 0 Å². The Kier molecular flexibility index (Phi) is 5.43. The smallest absolute Gasteiger partial charge is 0.147 e. The van der Waals surface area contributed by atoms with Crippen LogP contribution in [0, 0.1) is 0 Å². The van der Waals surface area contributed by atoms with E-state index in [0.717, 1.165) is 12.1 Å². The van der Waals surface area contributed by atoms with Crippen LogP contribution in [0.3, 0.4) is 0 Å². The minimum Gasteiger partial charge on any atom is -0.319 e. The zero-order valence-electron chi connectivity index (χ0n) is 10.1. The Morgan fingerprint density at radius 3 is 2.65 bits per heavy atom. The molecule has 3 nitrogen and oxygen atoms in total. The van der Waals surface area contributed by atoms with E-state index in [1.54, 1.807) is 0 Å². The van der Waals surface area contributed by atoms with Gasteiger partial charge in [-0.2, -0.15) is 0 Å². The van der Waals surface area contributed by atoms with E-state index >= 15 is 0 Å². The van der Waals surface area contributed by atoms with E-state index in [1.807, 2.05) is 31.3 Å². The van der Waals surface area contributed by atoms with Gasteiger partial charge in [-0.25, -0.2) is 8.42 Å². The lowest BCUT2D eigenvalue weighted by Crippen LogP contribution is -2.20. The second-order valence-electron chi connectivity index (χ2n) is 4.23. The number of rotatable bonds is 6. The Balaban J connectivity index is 2.78. The Morgan fingerprint density at radius 2 is 2.12 bits per heavy atom. The van der Waals surface area contributed by atoms with E-state index in [2.05, 4.69) is 5.32 Å². The van der Waals surface area contributed by atoms with Crippen LogP contribution < -0.4 is 5.32 Å². The summed E-state index contributed by atoms with van der Waals surface area (Å²) in [5, 5.41) is 3.77. The molecule has 0 spiro atoms. The minimum atomic E-state index is -2.92. The fraction of sp³-hybridized carbons (Fsp3) is 0.500. The topological polar surface area (TPSA) is 46.2 Å². The number of hydrogen-bond donors (Lipinski definition) is 1. The Labute approximate surface area is 108 Å². The Morgan fingerprint density at radius 1 is 1.41 bits per heavy atom. The van der Waals surface area contributed by atoms with E-state index in [4.69, 9.17) is 11.6 Å². The molecule has 0 aromatic heterocycles. The van der Waals surface area contributed by atoms with Gasteiger partial charge in [0.1, 0.15) is 9.84 Å². The lowest BCUT2D eigenvalue weighted by Gasteiger charge is -2.16. The van der Waals surface area contributed by atoms with Crippen molar-refractivity contribution in [2.45, 2.75) is 12.3 Å². The van der Waals surface area contributed by atoms with Crippen LogP contribution in [-0.4, -0.2) is 34.0 Å². The number of hydrogen-bond acceptors (Lipinski definition) is 3. The number of likely N-dealkylation sites (N-methyl/N-ethyl adjacent to an activating group) is 1. The third-order valence-electron chi connectivity index (χ3n) is 2.61. The first-order chi connectivity index (χ1) is 7.92. The summed E-state index contributed by atoms with van der Waals surface area (Å²) in [5.41, 5.74) is 1.08. The molecule has 17 heavy (non-hydrogen) atoms. The maximum Gasteiger partial charge on any atom is 0.147 e. The number of nitrogens with one attached hydrogen (secondary N) is 1. The van der Waals surface area contributed by atoms with Crippen LogP contribution in [0.4, 0.5) is 0 Å². The van der Waals surface area contributed by atoms with Gasteiger partial charge in [-0.3, -0.25) is 0 Å². The van der Waals surface area contributed by atoms with Crippen molar-refractivity contribution in [3.05, 3.63) is 34.9 Å². The highest BCUT2D eigenvalue weighted by Gasteiger charge is 2.14. The van der Waals surface area contributed by atoms with Crippen molar-refractivity contribution in [1.82, 2.24) is 5.32 Å². The molecule has 1 aromatic carbocycles. The molecule has 0 aliphatic rings. The zero-order chi connectivity index (χ0) is 12.9. The molecule has 96 valence electrons. The Hall–Kier alpha value is -0.580. The average molecular weight is 276 g/mol. The average Bonchev–Trinajstić information content (AvgIpc) is 2.23. The van der Waals surface area contributed by atoms with E-state index in [1.165, 1.54) is 6.26 Å². The first kappa shape index (κ1) is 14.5. The first-order valence-corrected chi connectivity index (χ1v) is 7.94. The molecule has 0 bridgehead atoms. The van der Waals surface area contributed by atoms with Crippen LogP contribution >= 0.6 is 11.6 Å². The van der Waals surface area contributed by atoms with E-state index in [0.29, 0.717) is 11.4 Å². The van der Waals surface area contributed by atoms with Gasteiger partial charge in [0.05, 0.1) is 5.75 Å². The van der Waals surface area contributed by atoms with Gasteiger partial charge in [0, 0.05) is 17.8 Å². The lowest BCUT2D eigenvalue weighted by molar-refractivity contribution is 0.578. The molecule has 0 aliphatic heterocycles. The second kappa shape index (κ2) is 6.38. The van der Waals surface area contributed by atoms with Crippen molar-refractivity contribution in [2.75, 3.05) is 25.6 Å². The molecule has 5 heteroatoms. The van der Waals surface area contributed by atoms with Crippen molar-refractivity contribution >= 4 is 21.4 Å². The highest BCUT2D eigenvalue weighted by Crippen LogP contribution is 2.22. The molecule has 1 atom stereocenters. The van der Waals surface area contributed by atoms with E-state index in [-0.39, 0.29) is 11.7 Å². The van der Waals surface area contributed by atoms with E-state index in [9.17, 15) is 8.42 Å². The highest BCUT2D eigenvalue weighted by atomic mass is 35.5. The lowest BCUT2D eigenvalue weighted by atomic mass is 9.96. The molecule has 1 N–H and O–H groups in total. The number of benzene rings is 1. The predicted molar refractivity (Wildman–Crippen MR) is 72.4 cm³/mol. The molecule has 0 saturated heterocycles. The Bertz CT molecular complexity index is 459. The van der Waals surface area contributed by atoms with Crippen LogP contribution in [0.25, 0.3) is 0 Å². The maximum absolute atomic E-state index is 11.2. The molecule has 0 radical (unpaired) electrons. The molecule has 1 unspecified atom stereocenters. The van der Waals surface area contributed by atoms with Gasteiger partial charge in [0.15, 0.2) is 0 Å². The van der Waals surface area contributed by atoms with Crippen LogP contribution in [0.1, 0.15) is 17.9 Å². The van der Waals surface area contributed by atoms with Gasteiger partial charge in [-0.1, -0.05) is 23.7 Å². The summed E-state index contributed by atoms with van der Waals surface area (Å²) < 4.78 is 22.4. The van der Waals surface area contributed by atoms with Gasteiger partial charge in [-0.15, -0.1) is 0 Å². The fourth-order valence-corrected chi connectivity index (χ4v) is 2.66. The molecule has 0 fully saturated rings. The van der Waals surface area contributed by atoms with E-state index < -0.39 is 9.84 Å². The fourth-order valence-electron chi connectivity index (χ4n) is 1.75. The van der Waals surface area contributed by atoms with Crippen molar-refractivity contribution < 1.29 is 8.42 Å². The van der Waals surface area contributed by atoms with Crippen LogP contribution in [-0.2, 0) is 9.84 Å². The highest BCUT2D eigenvalue weighted by molar-refractivity contribution is 7.90. The summed E-state index contributed by atoms with van der Waals surface area (Å²) in [5.74, 6) is 0.375. The standard InChI is InChI=1S/C12H18ClNO2S/c1-14-9-11(6-7-17(2,15)16)10-4-3-5-12(13)8-10/h3-5,8,11,14H,6-7,9H2,1-2H3. The molecule has 0 saturated carbocycles. The number of halogens is 1. The monoisotopic (exact) mass is 275 g/mol. The van der Waals surface area contributed by atoms with Gasteiger partial charge in [0.2, 0.25) is 0 Å². The SMILES string of the molecule is CNCC(CCS(C)(=O)=O)c1cccc(Cl)c1. The summed E-state index contributed by atoms with van der Waals surface area (Å²) in [6.45, 7) is 0.746. The van der Waals surface area contributed by atoms with Crippen molar-refractivity contribution in [3.63, 3.8) is 0 Å². The predicted octanol–water partition coefficient (Wildman–Crippen LogP) is 2.08. The van der Waals surface area contributed by atoms with Crippen molar-refractivity contribution in [3.8, 4) is 0 Å². The maximum atomic E-state index is 11.2. The van der Waals surface area contributed by atoms with Gasteiger partial charge in [-0.05, 0) is 37.1 Å². The molecule has 0 amide bonds. The number of sulfone groups is 1. The van der Waals surface area contributed by atoms with Gasteiger partial charge in [0.25, 0.3) is 0 Å². The minimum absolute atomic E-state index is 0.174. The quantitative estimate of drug-likeness (QED) is 0.865. The molecular weight excluding hydrogens is 258 g/mol. The van der Waals surface area contributed by atoms with Crippen molar-refractivity contribution in [1.29, 1.82) is 0 Å². The largest absolute Gasteiger partial charge is 0.319 e. The third-order valence-corrected chi connectivity index (χ3v) is 3.82. The summed E-state index contributed by atoms with van der Waals surface area (Å²) in [6, 6.07) is 7.58. The normalized spacial score (nSPS) is 13.6. The second-order valence-corrected chi connectivity index (χ2v) is 6.92. The molecule has 1 aromatic rings.